The second-order valence-electron chi connectivity index (χ2n) is 23.7. The fraction of sp³-hybridized carbons (Fsp3) is 0.0250. The second kappa shape index (κ2) is 18.5. The van der Waals surface area contributed by atoms with Gasteiger partial charge in [-0.2, -0.15) is 0 Å². The Kier molecular flexibility index (Phi) is 10.5. The standard InChI is InChI=1S/C80H56N4Si2/c1-53-42-45-72-66(48-53)67-49-54(2)43-46-73(67)83(72)57-44-47-77-75(52-57)84-74-38-17-18-39-76(74)86(60-28-19-22-55(50-60)81-68-34-13-9-30-62(68)63-31-10-14-35-69(63)81,61-29-20-23-56(51-61)82-70-36-15-11-32-64(70)65-33-12-16-37-71(65)82)79-41-21-40-78(80(79)84)85(77,58-24-5-3-6-25-58)59-26-7-4-8-27-59/h3-52H,1-2H3. The van der Waals surface area contributed by atoms with Gasteiger partial charge in [-0.15, -0.1) is 0 Å². The average Bonchev–Trinajstić information content (AvgIpc) is 0.891. The Balaban J connectivity index is 0.994. The van der Waals surface area contributed by atoms with Gasteiger partial charge in [-0.3, -0.25) is 0 Å². The molecule has 0 radical (unpaired) electrons. The van der Waals surface area contributed by atoms with Crippen molar-refractivity contribution >= 4 is 140 Å². The molecule has 3 aromatic heterocycles. The number of rotatable bonds is 7. The van der Waals surface area contributed by atoms with E-state index in [-0.39, 0.29) is 0 Å². The van der Waals surface area contributed by atoms with E-state index in [9.17, 15) is 0 Å². The van der Waals surface area contributed by atoms with E-state index >= 15 is 0 Å². The molecule has 0 aliphatic carbocycles. The molecule has 0 amide bonds. The molecular weight excluding hydrogens is 1070 g/mol. The second-order valence-corrected chi connectivity index (χ2v) is 31.2. The van der Waals surface area contributed by atoms with Gasteiger partial charge < -0.3 is 18.6 Å². The fourth-order valence-corrected chi connectivity index (χ4v) is 26.2. The predicted octanol–water partition coefficient (Wildman–Crippen LogP) is 14.4. The van der Waals surface area contributed by atoms with Gasteiger partial charge in [0.2, 0.25) is 0 Å². The first kappa shape index (κ1) is 49.0. The number of hydrogen-bond acceptors (Lipinski definition) is 1. The van der Waals surface area contributed by atoms with E-state index in [1.54, 1.807) is 0 Å². The zero-order valence-corrected chi connectivity index (χ0v) is 49.7. The molecule has 0 saturated carbocycles. The summed E-state index contributed by atoms with van der Waals surface area (Å²) in [6.45, 7) is 4.42. The van der Waals surface area contributed by atoms with E-state index < -0.39 is 16.1 Å². The Morgan fingerprint density at radius 1 is 0.233 bits per heavy atom. The Morgan fingerprint density at radius 2 is 0.593 bits per heavy atom. The average molecular weight is 1130 g/mol. The van der Waals surface area contributed by atoms with Crippen LogP contribution in [0.25, 0.3) is 82.5 Å². The molecule has 5 heterocycles. The van der Waals surface area contributed by atoms with Gasteiger partial charge in [0.05, 0.1) is 33.1 Å². The zero-order chi connectivity index (χ0) is 56.8. The third-order valence-electron chi connectivity index (χ3n) is 19.2. The largest absolute Gasteiger partial charge is 0.311 e. The molecule has 0 spiro atoms. The van der Waals surface area contributed by atoms with Crippen LogP contribution in [0.4, 0.5) is 17.1 Å². The van der Waals surface area contributed by atoms with Crippen LogP contribution in [0.2, 0.25) is 0 Å². The van der Waals surface area contributed by atoms with Crippen molar-refractivity contribution in [3.63, 3.8) is 0 Å². The maximum atomic E-state index is 2.72. The van der Waals surface area contributed by atoms with Gasteiger partial charge in [-0.05, 0) is 146 Å². The van der Waals surface area contributed by atoms with Crippen LogP contribution < -0.4 is 46.4 Å². The fourth-order valence-electron chi connectivity index (χ4n) is 15.8. The Morgan fingerprint density at radius 3 is 1.08 bits per heavy atom. The Labute approximate surface area is 501 Å². The molecule has 0 N–H and O–H groups in total. The van der Waals surface area contributed by atoms with E-state index in [4.69, 9.17) is 0 Å². The lowest BCUT2D eigenvalue weighted by Gasteiger charge is -2.52. The van der Waals surface area contributed by atoms with Crippen LogP contribution in [-0.2, 0) is 0 Å². The van der Waals surface area contributed by atoms with Crippen molar-refractivity contribution in [2.45, 2.75) is 13.8 Å². The molecule has 2 aliphatic heterocycles. The smallest absolute Gasteiger partial charge is 0.184 e. The lowest BCUT2D eigenvalue weighted by Crippen LogP contribution is -2.82. The van der Waals surface area contributed by atoms with Gasteiger partial charge in [0.15, 0.2) is 16.1 Å². The summed E-state index contributed by atoms with van der Waals surface area (Å²) in [5, 5.41) is 18.5. The van der Waals surface area contributed by atoms with Crippen LogP contribution >= 0.6 is 0 Å². The minimum absolute atomic E-state index is 1.14. The Hall–Kier alpha value is -10.5. The quantitative estimate of drug-likeness (QED) is 0.145. The lowest BCUT2D eigenvalue weighted by molar-refractivity contribution is 1.17. The highest BCUT2D eigenvalue weighted by atomic mass is 28.3. The van der Waals surface area contributed by atoms with Gasteiger partial charge in [0, 0.05) is 66.4 Å². The first-order valence-corrected chi connectivity index (χ1v) is 34.0. The summed E-state index contributed by atoms with van der Waals surface area (Å²) in [6.07, 6.45) is 0. The maximum absolute atomic E-state index is 3.48. The summed E-state index contributed by atoms with van der Waals surface area (Å²) >= 11 is 0. The van der Waals surface area contributed by atoms with Crippen LogP contribution in [0.1, 0.15) is 11.1 Å². The molecule has 6 heteroatoms. The first-order chi connectivity index (χ1) is 42.5. The summed E-state index contributed by atoms with van der Waals surface area (Å²) in [6, 6.07) is 117. The lowest BCUT2D eigenvalue weighted by atomic mass is 10.1. The van der Waals surface area contributed by atoms with Crippen molar-refractivity contribution in [2.24, 2.45) is 0 Å². The number of aromatic nitrogens is 3. The predicted molar refractivity (Wildman–Crippen MR) is 368 cm³/mol. The van der Waals surface area contributed by atoms with Crippen molar-refractivity contribution in [3.05, 3.63) is 314 Å². The molecule has 0 atom stereocenters. The van der Waals surface area contributed by atoms with Gasteiger partial charge in [-0.25, -0.2) is 0 Å². The number of nitrogens with zero attached hydrogens (tertiary/aromatic N) is 4. The first-order valence-electron chi connectivity index (χ1n) is 30.0. The molecular formula is C80H56N4Si2. The van der Waals surface area contributed by atoms with Crippen molar-refractivity contribution in [3.8, 4) is 17.1 Å². The van der Waals surface area contributed by atoms with Crippen molar-refractivity contribution < 1.29 is 0 Å². The molecule has 404 valence electrons. The van der Waals surface area contributed by atoms with E-state index in [2.05, 4.69) is 336 Å². The molecule has 16 aromatic rings. The van der Waals surface area contributed by atoms with Gasteiger partial charge in [-0.1, -0.05) is 223 Å². The highest BCUT2D eigenvalue weighted by molar-refractivity contribution is 7.24. The third-order valence-corrected chi connectivity index (χ3v) is 28.9. The van der Waals surface area contributed by atoms with Crippen LogP contribution in [0.15, 0.2) is 303 Å². The van der Waals surface area contributed by atoms with Crippen LogP contribution in [0, 0.1) is 13.8 Å². The summed E-state index contributed by atoms with van der Waals surface area (Å²) in [4.78, 5) is 2.72. The summed E-state index contributed by atoms with van der Waals surface area (Å²) in [5.74, 6) is 0. The van der Waals surface area contributed by atoms with E-state index in [0.29, 0.717) is 0 Å². The number of fused-ring (bicyclic) bond motifs is 13. The topological polar surface area (TPSA) is 18.0 Å². The summed E-state index contributed by atoms with van der Waals surface area (Å²) < 4.78 is 7.53. The number of benzene rings is 13. The van der Waals surface area contributed by atoms with E-state index in [0.717, 1.165) is 17.1 Å². The van der Waals surface area contributed by atoms with Gasteiger partial charge in [0.1, 0.15) is 0 Å². The molecule has 0 bridgehead atoms. The SMILES string of the molecule is Cc1ccc2c(c1)c1cc(C)ccc1n2-c1ccc2c(c1)N1c3ccccc3[Si](c3cccc(-n4c5ccccc5c5ccccc54)c3)(c3cccc(-n4c5ccccc5c5ccccc54)c3)c3cccc(c31)[Si]2(c1ccccc1)c1ccccc1. The molecule has 86 heavy (non-hydrogen) atoms. The number of para-hydroxylation sites is 6. The van der Waals surface area contributed by atoms with E-state index in [1.807, 2.05) is 0 Å². The summed E-state index contributed by atoms with van der Waals surface area (Å²) in [7, 11) is -6.69. The van der Waals surface area contributed by atoms with Crippen LogP contribution in [0.3, 0.4) is 0 Å². The molecule has 18 rings (SSSR count). The molecule has 0 saturated heterocycles. The highest BCUT2D eigenvalue weighted by Gasteiger charge is 2.56. The minimum Gasteiger partial charge on any atom is -0.311 e. The molecule has 13 aromatic carbocycles. The summed E-state index contributed by atoms with van der Waals surface area (Å²) in [5.41, 5.74) is 16.9. The monoisotopic (exact) mass is 1130 g/mol. The van der Waals surface area contributed by atoms with Gasteiger partial charge in [0.25, 0.3) is 0 Å². The number of anilines is 3. The van der Waals surface area contributed by atoms with Crippen molar-refractivity contribution in [2.75, 3.05) is 4.90 Å². The normalized spacial score (nSPS) is 13.9. The Bertz CT molecular complexity index is 5110. The molecule has 0 unspecified atom stereocenters. The molecule has 2 aliphatic rings. The number of aryl methyl sites for hydroxylation is 2. The maximum Gasteiger partial charge on any atom is 0.184 e. The number of hydrogen-bond donors (Lipinski definition) is 0. The van der Waals surface area contributed by atoms with Crippen molar-refractivity contribution in [1.29, 1.82) is 0 Å². The molecule has 0 fully saturated rings. The van der Waals surface area contributed by atoms with Gasteiger partial charge >= 0.3 is 0 Å². The van der Waals surface area contributed by atoms with Crippen molar-refractivity contribution in [1.82, 2.24) is 13.7 Å². The minimum atomic E-state index is -3.48. The zero-order valence-electron chi connectivity index (χ0n) is 47.7. The van der Waals surface area contributed by atoms with Crippen LogP contribution in [0.5, 0.6) is 0 Å². The third kappa shape index (κ3) is 6.62. The van der Waals surface area contributed by atoms with Crippen LogP contribution in [-0.4, -0.2) is 29.8 Å². The highest BCUT2D eigenvalue weighted by Crippen LogP contribution is 2.44. The van der Waals surface area contributed by atoms with E-state index in [1.165, 1.54) is 135 Å². The molecule has 4 nitrogen and oxygen atoms in total.